The molecule has 0 atom stereocenters. The number of aromatic nitrogens is 8. The Morgan fingerprint density at radius 3 is 1.88 bits per heavy atom. The van der Waals surface area contributed by atoms with Crippen molar-refractivity contribution in [2.45, 2.75) is 6.42 Å². The van der Waals surface area contributed by atoms with Crippen LogP contribution in [0.5, 0.6) is 5.75 Å². The fourth-order valence-corrected chi connectivity index (χ4v) is 8.76. The van der Waals surface area contributed by atoms with Gasteiger partial charge in [-0.25, -0.2) is 9.69 Å². The first-order chi connectivity index (χ1) is 36.4. The third-order valence-electron chi connectivity index (χ3n) is 11.6. The number of carbonyl (C=O) groups is 3. The minimum absolute atomic E-state index is 0.114. The van der Waals surface area contributed by atoms with Crippen LogP contribution in [0.25, 0.3) is 64.1 Å². The number of pyridine rings is 8. The molecule has 18 nitrogen and oxygen atoms in total. The summed E-state index contributed by atoms with van der Waals surface area (Å²) in [5.74, 6) is 0.0466. The van der Waals surface area contributed by atoms with Crippen molar-refractivity contribution in [3.8, 4) is 5.75 Å². The van der Waals surface area contributed by atoms with Crippen LogP contribution in [-0.4, -0.2) is 108 Å². The number of amides is 2. The SMILES string of the molecule is NC(=O)c1cnc2cncc(Br)c2c1.O=COc1cnc2cncc(Br)c2c1.[C-]#[N+]c1cnc2cncc(Cl)c2c1.[C-]#[N+]c1cnc2cncc(NCCc3ccc4cc(C(=O)N5CCN(C)CC5)ccc4c3)c2c1. The zero-order valence-corrected chi connectivity index (χ0v) is 43.7. The van der Waals surface area contributed by atoms with Crippen molar-refractivity contribution < 1.29 is 19.1 Å². The highest BCUT2D eigenvalue weighted by Gasteiger charge is 2.20. The molecule has 0 radical (unpaired) electrons. The number of nitrogens with one attached hydrogen (secondary N) is 1. The number of anilines is 1. The van der Waals surface area contributed by atoms with Crippen LogP contribution in [0.1, 0.15) is 26.3 Å². The van der Waals surface area contributed by atoms with Crippen LogP contribution in [0.2, 0.25) is 5.02 Å². The van der Waals surface area contributed by atoms with Crippen LogP contribution in [0, 0.1) is 13.1 Å². The van der Waals surface area contributed by atoms with Gasteiger partial charge in [0.15, 0.2) is 0 Å². The Hall–Kier alpha value is -8.66. The minimum atomic E-state index is -0.483. The number of likely N-dealkylation sites (N-methyl/N-ethyl adjacent to an activating group) is 1. The van der Waals surface area contributed by atoms with Gasteiger partial charge in [-0.3, -0.25) is 54.3 Å². The number of nitrogens with two attached hydrogens (primary N) is 1. The number of halogens is 3. The highest BCUT2D eigenvalue weighted by molar-refractivity contribution is 9.11. The van der Waals surface area contributed by atoms with Crippen molar-refractivity contribution >= 4 is 133 Å². The smallest absolute Gasteiger partial charge is 0.298 e. The Bertz CT molecular complexity index is 3850. The molecule has 75 heavy (non-hydrogen) atoms. The molecule has 3 N–H and O–H groups in total. The molecule has 372 valence electrons. The lowest BCUT2D eigenvalue weighted by Crippen LogP contribution is -2.47. The van der Waals surface area contributed by atoms with E-state index in [1.807, 2.05) is 29.2 Å². The lowest BCUT2D eigenvalue weighted by Gasteiger charge is -2.32. The number of carbonyl (C=O) groups excluding carboxylic acids is 3. The maximum Gasteiger partial charge on any atom is 0.298 e. The van der Waals surface area contributed by atoms with Gasteiger partial charge >= 0.3 is 0 Å². The van der Waals surface area contributed by atoms with Crippen LogP contribution in [0.4, 0.5) is 17.1 Å². The second kappa shape index (κ2) is 24.8. The van der Waals surface area contributed by atoms with Crippen molar-refractivity contribution in [3.63, 3.8) is 0 Å². The predicted octanol–water partition coefficient (Wildman–Crippen LogP) is 10.6. The molecule has 1 aliphatic rings. The van der Waals surface area contributed by atoms with E-state index in [9.17, 15) is 14.4 Å². The number of primary amides is 1. The van der Waals surface area contributed by atoms with Gasteiger partial charge < -0.3 is 25.6 Å². The summed E-state index contributed by atoms with van der Waals surface area (Å²) in [7, 11) is 2.09. The molecule has 1 saturated heterocycles. The minimum Gasteiger partial charge on any atom is -0.427 e. The molecule has 1 aliphatic heterocycles. The predicted molar refractivity (Wildman–Crippen MR) is 296 cm³/mol. The van der Waals surface area contributed by atoms with Gasteiger partial charge in [0, 0.05) is 106 Å². The third-order valence-corrected chi connectivity index (χ3v) is 13.2. The number of benzene rings is 2. The molecule has 0 spiro atoms. The zero-order chi connectivity index (χ0) is 52.8. The van der Waals surface area contributed by atoms with Crippen molar-refractivity contribution in [3.05, 3.63) is 189 Å². The maximum atomic E-state index is 12.9. The molecule has 21 heteroatoms. The monoisotopic (exact) mass is 1140 g/mol. The van der Waals surface area contributed by atoms with E-state index < -0.39 is 5.91 Å². The molecule has 2 aromatic carbocycles. The fourth-order valence-electron chi connectivity index (χ4n) is 7.68. The van der Waals surface area contributed by atoms with Gasteiger partial charge in [0.2, 0.25) is 17.3 Å². The van der Waals surface area contributed by atoms with Gasteiger partial charge in [-0.1, -0.05) is 35.9 Å². The van der Waals surface area contributed by atoms with Crippen LogP contribution in [0.3, 0.4) is 0 Å². The largest absolute Gasteiger partial charge is 0.427 e. The summed E-state index contributed by atoms with van der Waals surface area (Å²) in [5, 5.41) is 9.53. The van der Waals surface area contributed by atoms with Gasteiger partial charge in [0.1, 0.15) is 5.75 Å². The molecule has 11 rings (SSSR count). The van der Waals surface area contributed by atoms with Crippen LogP contribution in [-0.2, 0) is 11.2 Å². The van der Waals surface area contributed by atoms with E-state index in [1.165, 1.54) is 24.2 Å². The standard InChI is InChI=1S/C27H26N6O.C9H6BrN3O.C9H5BrN2O2.C9H4ClN3/c1-28-23-15-24-25(17-29-18-26(24)31-16-23)30-8-7-19-3-4-21-14-22(6-5-20(21)13-19)27(34)33-11-9-32(2)10-12-33;10-7-3-12-4-8-6(7)1-5(2-13-8)9(11)14;10-8-3-11-4-9-7(8)1-6(2-12-9)14-5-13;1-11-6-2-7-8(10)4-12-5-9(7)13-3-6/h3-6,13-18,30H,7-12H2,2H3;1-4H,(H2,11,14);1-5H;2-5H. The molecule has 10 aromatic rings. The highest BCUT2D eigenvalue weighted by atomic mass is 79.9. The Balaban J connectivity index is 0.000000150. The second-order valence-corrected chi connectivity index (χ2v) is 18.7. The average Bonchev–Trinajstić information content (AvgIpc) is 3.43. The Labute approximate surface area is 450 Å². The molecule has 9 heterocycles. The molecule has 0 saturated carbocycles. The van der Waals surface area contributed by atoms with Gasteiger partial charge in [-0.05, 0) is 98.1 Å². The van der Waals surface area contributed by atoms with Crippen molar-refractivity contribution in [1.82, 2.24) is 49.7 Å². The average molecular weight is 1150 g/mol. The van der Waals surface area contributed by atoms with E-state index in [-0.39, 0.29) is 5.91 Å². The van der Waals surface area contributed by atoms with E-state index in [0.29, 0.717) is 39.7 Å². The van der Waals surface area contributed by atoms with Crippen molar-refractivity contribution in [1.29, 1.82) is 0 Å². The van der Waals surface area contributed by atoms with Crippen LogP contribution < -0.4 is 15.8 Å². The number of hydrogen-bond acceptors (Lipinski definition) is 14. The van der Waals surface area contributed by atoms with E-state index in [0.717, 1.165) is 108 Å². The Morgan fingerprint density at radius 1 is 0.667 bits per heavy atom. The van der Waals surface area contributed by atoms with Gasteiger partial charge in [0.25, 0.3) is 12.4 Å². The van der Waals surface area contributed by atoms with E-state index in [1.54, 1.807) is 74.0 Å². The lowest BCUT2D eigenvalue weighted by molar-refractivity contribution is -0.120. The van der Waals surface area contributed by atoms with Crippen LogP contribution >= 0.6 is 43.5 Å². The normalized spacial score (nSPS) is 12.0. The molecular weight excluding hydrogens is 1100 g/mol. The van der Waals surface area contributed by atoms with E-state index >= 15 is 0 Å². The fraction of sp³-hybridized carbons (Fsp3) is 0.130. The van der Waals surface area contributed by atoms with Crippen LogP contribution in [0.15, 0.2) is 144 Å². The summed E-state index contributed by atoms with van der Waals surface area (Å²) >= 11 is 12.5. The number of hydrogen-bond donors (Lipinski definition) is 2. The van der Waals surface area contributed by atoms with E-state index in [2.05, 4.69) is 122 Å². The first kappa shape index (κ1) is 52.7. The van der Waals surface area contributed by atoms with E-state index in [4.69, 9.17) is 30.5 Å². The van der Waals surface area contributed by atoms with Gasteiger partial charge in [-0.15, -0.1) is 0 Å². The molecule has 0 unspecified atom stereocenters. The number of ether oxygens (including phenoxy) is 1. The first-order valence-electron chi connectivity index (χ1n) is 22.7. The van der Waals surface area contributed by atoms with Crippen molar-refractivity contribution in [2.75, 3.05) is 45.1 Å². The highest BCUT2D eigenvalue weighted by Crippen LogP contribution is 2.28. The third kappa shape index (κ3) is 13.3. The molecule has 1 fully saturated rings. The first-order valence-corrected chi connectivity index (χ1v) is 24.7. The number of fused-ring (bicyclic) bond motifs is 5. The maximum absolute atomic E-state index is 12.9. The number of nitrogens with zero attached hydrogens (tertiary/aromatic N) is 12. The van der Waals surface area contributed by atoms with Crippen molar-refractivity contribution in [2.24, 2.45) is 5.73 Å². The summed E-state index contributed by atoms with van der Waals surface area (Å²) < 4.78 is 6.30. The lowest BCUT2D eigenvalue weighted by atomic mass is 10.0. The molecule has 0 bridgehead atoms. The zero-order valence-electron chi connectivity index (χ0n) is 39.7. The summed E-state index contributed by atoms with van der Waals surface area (Å²) in [6.07, 6.45) is 20.1. The van der Waals surface area contributed by atoms with Gasteiger partial charge in [0.05, 0.1) is 88.7 Å². The Morgan fingerprint density at radius 2 is 1.23 bits per heavy atom. The quantitative estimate of drug-likeness (QED) is 0.107. The molecular formula is C54H41Br2ClN14O4. The summed E-state index contributed by atoms with van der Waals surface area (Å²) in [6.45, 7) is 18.5. The Kier molecular flexibility index (Phi) is 17.4. The summed E-state index contributed by atoms with van der Waals surface area (Å²) in [4.78, 5) is 77.5. The van der Waals surface area contributed by atoms with Gasteiger partial charge in [-0.2, -0.15) is 0 Å². The summed E-state index contributed by atoms with van der Waals surface area (Å²) in [5.41, 5.74) is 12.3. The summed E-state index contributed by atoms with van der Waals surface area (Å²) in [6, 6.07) is 19.3. The number of rotatable bonds is 8. The topological polar surface area (TPSA) is 217 Å². The second-order valence-electron chi connectivity index (χ2n) is 16.6. The molecule has 8 aromatic heterocycles. The number of piperazine rings is 1. The molecule has 2 amide bonds. The molecule has 0 aliphatic carbocycles.